The van der Waals surface area contributed by atoms with E-state index in [4.69, 9.17) is 5.11 Å². The van der Waals surface area contributed by atoms with Gasteiger partial charge >= 0.3 is 6.03 Å². The molecule has 0 radical (unpaired) electrons. The zero-order valence-electron chi connectivity index (χ0n) is 8.05. The van der Waals surface area contributed by atoms with E-state index < -0.39 is 0 Å². The molecule has 13 heavy (non-hydrogen) atoms. The summed E-state index contributed by atoms with van der Waals surface area (Å²) in [4.78, 5) is 11.2. The second kappa shape index (κ2) is 5.07. The lowest BCUT2D eigenvalue weighted by molar-refractivity contribution is 0.227. The maximum Gasteiger partial charge on any atom is 0.315 e. The smallest absolute Gasteiger partial charge is 0.315 e. The molecule has 1 unspecified atom stereocenters. The van der Waals surface area contributed by atoms with Crippen molar-refractivity contribution in [3.63, 3.8) is 0 Å². The van der Waals surface area contributed by atoms with Gasteiger partial charge in [0.05, 0.1) is 0 Å². The van der Waals surface area contributed by atoms with Crippen molar-refractivity contribution in [3.05, 3.63) is 0 Å². The van der Waals surface area contributed by atoms with Gasteiger partial charge in [0.2, 0.25) is 0 Å². The predicted molar refractivity (Wildman–Crippen MR) is 50.5 cm³/mol. The van der Waals surface area contributed by atoms with Crippen molar-refractivity contribution in [2.24, 2.45) is 0 Å². The molecule has 0 saturated heterocycles. The largest absolute Gasteiger partial charge is 0.396 e. The van der Waals surface area contributed by atoms with E-state index in [2.05, 4.69) is 10.6 Å². The van der Waals surface area contributed by atoms with Crippen molar-refractivity contribution in [3.8, 4) is 0 Å². The zero-order chi connectivity index (χ0) is 9.68. The van der Waals surface area contributed by atoms with E-state index in [1.165, 1.54) is 0 Å². The molecule has 1 fully saturated rings. The maximum atomic E-state index is 11.2. The molecule has 1 atom stereocenters. The molecule has 1 aliphatic carbocycles. The number of rotatable bonds is 5. The molecule has 76 valence electrons. The van der Waals surface area contributed by atoms with Crippen LogP contribution in [-0.4, -0.2) is 29.8 Å². The quantitative estimate of drug-likeness (QED) is 0.589. The topological polar surface area (TPSA) is 61.4 Å². The summed E-state index contributed by atoms with van der Waals surface area (Å²) in [5.74, 6) is 0. The van der Waals surface area contributed by atoms with Crippen LogP contribution in [0.2, 0.25) is 0 Å². The van der Waals surface area contributed by atoms with Crippen molar-refractivity contribution in [2.75, 3.05) is 6.61 Å². The third kappa shape index (κ3) is 4.12. The summed E-state index contributed by atoms with van der Waals surface area (Å²) in [6.07, 6.45) is 3.70. The Hall–Kier alpha value is -0.770. The molecule has 4 nitrogen and oxygen atoms in total. The predicted octanol–water partition coefficient (Wildman–Crippen LogP) is 0.609. The number of amides is 2. The summed E-state index contributed by atoms with van der Waals surface area (Å²) in [7, 11) is 0. The van der Waals surface area contributed by atoms with E-state index in [0.29, 0.717) is 12.5 Å². The van der Waals surface area contributed by atoms with Gasteiger partial charge in [0.1, 0.15) is 0 Å². The van der Waals surface area contributed by atoms with E-state index in [-0.39, 0.29) is 18.7 Å². The van der Waals surface area contributed by atoms with E-state index in [0.717, 1.165) is 19.3 Å². The Morgan fingerprint density at radius 3 is 2.77 bits per heavy atom. The van der Waals surface area contributed by atoms with Crippen molar-refractivity contribution in [1.82, 2.24) is 10.6 Å². The second-order valence-corrected chi connectivity index (χ2v) is 3.51. The van der Waals surface area contributed by atoms with E-state index >= 15 is 0 Å². The summed E-state index contributed by atoms with van der Waals surface area (Å²) in [5.41, 5.74) is 0. The Bertz CT molecular complexity index is 169. The Kier molecular flexibility index (Phi) is 4.02. The Labute approximate surface area is 78.7 Å². The van der Waals surface area contributed by atoms with Crippen LogP contribution in [0.4, 0.5) is 4.79 Å². The summed E-state index contributed by atoms with van der Waals surface area (Å²) in [6, 6.07) is 0.401. The number of carbonyl (C=O) groups is 1. The van der Waals surface area contributed by atoms with Crippen molar-refractivity contribution < 1.29 is 9.90 Å². The molecule has 0 aliphatic heterocycles. The second-order valence-electron chi connectivity index (χ2n) is 3.51. The van der Waals surface area contributed by atoms with Gasteiger partial charge in [-0.25, -0.2) is 4.79 Å². The maximum absolute atomic E-state index is 11.2. The molecule has 2 amide bonds. The molecule has 0 heterocycles. The molecule has 0 spiro atoms. The highest BCUT2D eigenvalue weighted by molar-refractivity contribution is 5.74. The minimum Gasteiger partial charge on any atom is -0.396 e. The average molecular weight is 186 g/mol. The van der Waals surface area contributed by atoms with Crippen LogP contribution in [0.3, 0.4) is 0 Å². The Morgan fingerprint density at radius 2 is 2.31 bits per heavy atom. The molecular formula is C9H18N2O2. The van der Waals surface area contributed by atoms with Gasteiger partial charge in [-0.05, 0) is 25.7 Å². The van der Waals surface area contributed by atoms with Gasteiger partial charge in [-0.15, -0.1) is 0 Å². The highest BCUT2D eigenvalue weighted by Crippen LogP contribution is 2.18. The Morgan fingerprint density at radius 1 is 1.62 bits per heavy atom. The van der Waals surface area contributed by atoms with Crippen LogP contribution in [0.1, 0.15) is 32.6 Å². The number of hydrogen-bond acceptors (Lipinski definition) is 2. The van der Waals surface area contributed by atoms with Crippen LogP contribution in [0, 0.1) is 0 Å². The first-order chi connectivity index (χ1) is 6.26. The zero-order valence-corrected chi connectivity index (χ0v) is 8.05. The van der Waals surface area contributed by atoms with E-state index in [9.17, 15) is 4.79 Å². The molecule has 1 rings (SSSR count). The molecule has 1 aliphatic rings. The first-order valence-corrected chi connectivity index (χ1v) is 4.94. The third-order valence-electron chi connectivity index (χ3n) is 2.22. The monoisotopic (exact) mass is 186 g/mol. The normalized spacial score (nSPS) is 18.0. The fourth-order valence-corrected chi connectivity index (χ4v) is 1.17. The first kappa shape index (κ1) is 10.3. The number of carbonyl (C=O) groups excluding carboxylic acids is 1. The lowest BCUT2D eigenvalue weighted by Crippen LogP contribution is -2.43. The highest BCUT2D eigenvalue weighted by Gasteiger charge is 2.23. The van der Waals surface area contributed by atoms with Crippen LogP contribution in [-0.2, 0) is 0 Å². The fraction of sp³-hybridized carbons (Fsp3) is 0.889. The third-order valence-corrected chi connectivity index (χ3v) is 2.22. The first-order valence-electron chi connectivity index (χ1n) is 4.94. The summed E-state index contributed by atoms with van der Waals surface area (Å²) >= 11 is 0. The summed E-state index contributed by atoms with van der Waals surface area (Å²) in [6.45, 7) is 2.12. The Balaban J connectivity index is 2.14. The SMILES string of the molecule is CCC(CCO)NC(=O)NC1CC1. The van der Waals surface area contributed by atoms with Gasteiger partial charge in [-0.1, -0.05) is 6.92 Å². The van der Waals surface area contributed by atoms with Gasteiger partial charge in [-0.2, -0.15) is 0 Å². The number of nitrogens with one attached hydrogen (secondary N) is 2. The number of hydrogen-bond donors (Lipinski definition) is 3. The van der Waals surface area contributed by atoms with Gasteiger partial charge in [0, 0.05) is 18.7 Å². The van der Waals surface area contributed by atoms with Gasteiger partial charge < -0.3 is 15.7 Å². The molecule has 0 bridgehead atoms. The standard InChI is InChI=1S/C9H18N2O2/c1-2-7(5-6-12)10-9(13)11-8-3-4-8/h7-8,12H,2-6H2,1H3,(H2,10,11,13). The van der Waals surface area contributed by atoms with Gasteiger partial charge in [0.25, 0.3) is 0 Å². The van der Waals surface area contributed by atoms with Crippen LogP contribution >= 0.6 is 0 Å². The number of urea groups is 1. The molecule has 1 saturated carbocycles. The van der Waals surface area contributed by atoms with Crippen molar-refractivity contribution >= 4 is 6.03 Å². The van der Waals surface area contributed by atoms with Gasteiger partial charge in [0.15, 0.2) is 0 Å². The van der Waals surface area contributed by atoms with Crippen LogP contribution < -0.4 is 10.6 Å². The summed E-state index contributed by atoms with van der Waals surface area (Å²) in [5, 5.41) is 14.4. The number of aliphatic hydroxyl groups is 1. The molecule has 0 aromatic rings. The van der Waals surface area contributed by atoms with Gasteiger partial charge in [-0.3, -0.25) is 0 Å². The minimum absolute atomic E-state index is 0.0946. The summed E-state index contributed by atoms with van der Waals surface area (Å²) < 4.78 is 0. The average Bonchev–Trinajstić information content (AvgIpc) is 2.87. The molecule has 3 N–H and O–H groups in total. The van der Waals surface area contributed by atoms with E-state index in [1.54, 1.807) is 0 Å². The minimum atomic E-state index is -0.0946. The lowest BCUT2D eigenvalue weighted by atomic mass is 10.2. The highest BCUT2D eigenvalue weighted by atomic mass is 16.3. The van der Waals surface area contributed by atoms with Crippen LogP contribution in [0.15, 0.2) is 0 Å². The van der Waals surface area contributed by atoms with Crippen molar-refractivity contribution in [1.29, 1.82) is 0 Å². The molecule has 0 aromatic carbocycles. The molecule has 0 aromatic heterocycles. The van der Waals surface area contributed by atoms with Crippen LogP contribution in [0.5, 0.6) is 0 Å². The molecule has 4 heteroatoms. The number of aliphatic hydroxyl groups excluding tert-OH is 1. The lowest BCUT2D eigenvalue weighted by Gasteiger charge is -2.15. The van der Waals surface area contributed by atoms with Crippen LogP contribution in [0.25, 0.3) is 0 Å². The van der Waals surface area contributed by atoms with Crippen molar-refractivity contribution in [2.45, 2.75) is 44.7 Å². The van der Waals surface area contributed by atoms with E-state index in [1.807, 2.05) is 6.92 Å². The fourth-order valence-electron chi connectivity index (χ4n) is 1.17. The molecular weight excluding hydrogens is 168 g/mol.